The van der Waals surface area contributed by atoms with Crippen LogP contribution in [0.3, 0.4) is 0 Å². The lowest BCUT2D eigenvalue weighted by Gasteiger charge is -2.35. The first-order valence-corrected chi connectivity index (χ1v) is 10.9. The summed E-state index contributed by atoms with van der Waals surface area (Å²) in [6.45, 7) is 10.7. The molecule has 2 heterocycles. The van der Waals surface area contributed by atoms with Crippen molar-refractivity contribution in [3.8, 4) is 0 Å². The second kappa shape index (κ2) is 11.7. The maximum atomic E-state index is 5.52. The Kier molecular flexibility index (Phi) is 8.71. The molecule has 1 aromatic heterocycles. The van der Waals surface area contributed by atoms with Crippen LogP contribution >= 0.6 is 0 Å². The molecular weight excluding hydrogens is 376 g/mol. The molecule has 1 fully saturated rings. The predicted octanol–water partition coefficient (Wildman–Crippen LogP) is 2.34. The molecule has 0 spiro atoms. The molecular formula is C23H36N6O. The standard InChI is InChI=1S/C23H36N6O/c1-19(2)14-22(29-10-12-30-13-11-29)16-27-23(24-3)26-15-20-4-6-21(7-5-20)17-28-9-8-25-18-28/h4-9,18-19,22H,10-17H2,1-3H3,(H2,24,26,27). The summed E-state index contributed by atoms with van der Waals surface area (Å²) in [5.74, 6) is 1.51. The monoisotopic (exact) mass is 412 g/mol. The first-order chi connectivity index (χ1) is 14.6. The Morgan fingerprint density at radius 1 is 1.13 bits per heavy atom. The van der Waals surface area contributed by atoms with Crippen molar-refractivity contribution in [3.05, 3.63) is 54.1 Å². The maximum Gasteiger partial charge on any atom is 0.191 e. The summed E-state index contributed by atoms with van der Waals surface area (Å²) >= 11 is 0. The van der Waals surface area contributed by atoms with Crippen LogP contribution in [-0.2, 0) is 17.8 Å². The molecule has 1 unspecified atom stereocenters. The summed E-state index contributed by atoms with van der Waals surface area (Å²) in [5.41, 5.74) is 2.50. The SMILES string of the molecule is CN=C(NCc1ccc(Cn2ccnc2)cc1)NCC(CC(C)C)N1CCOCC1. The highest BCUT2D eigenvalue weighted by Crippen LogP contribution is 2.13. The quantitative estimate of drug-likeness (QED) is 0.489. The molecule has 164 valence electrons. The van der Waals surface area contributed by atoms with Gasteiger partial charge in [0.25, 0.3) is 0 Å². The molecule has 1 saturated heterocycles. The number of ether oxygens (including phenoxy) is 1. The summed E-state index contributed by atoms with van der Waals surface area (Å²) in [4.78, 5) is 11.0. The fourth-order valence-electron chi connectivity index (χ4n) is 3.82. The fourth-order valence-corrected chi connectivity index (χ4v) is 3.82. The second-order valence-electron chi connectivity index (χ2n) is 8.29. The Balaban J connectivity index is 1.47. The molecule has 0 amide bonds. The largest absolute Gasteiger partial charge is 0.379 e. The van der Waals surface area contributed by atoms with E-state index in [1.165, 1.54) is 17.5 Å². The van der Waals surface area contributed by atoms with Crippen molar-refractivity contribution in [2.24, 2.45) is 10.9 Å². The van der Waals surface area contributed by atoms with E-state index < -0.39 is 0 Å². The van der Waals surface area contributed by atoms with Gasteiger partial charge in [-0.1, -0.05) is 38.1 Å². The molecule has 0 bridgehead atoms. The van der Waals surface area contributed by atoms with Crippen LogP contribution in [0.4, 0.5) is 0 Å². The zero-order valence-electron chi connectivity index (χ0n) is 18.6. The fraction of sp³-hybridized carbons (Fsp3) is 0.565. The van der Waals surface area contributed by atoms with Crippen LogP contribution in [0.25, 0.3) is 0 Å². The Morgan fingerprint density at radius 3 is 2.50 bits per heavy atom. The van der Waals surface area contributed by atoms with Crippen molar-refractivity contribution < 1.29 is 4.74 Å². The van der Waals surface area contributed by atoms with E-state index in [9.17, 15) is 0 Å². The van der Waals surface area contributed by atoms with E-state index in [0.717, 1.165) is 51.9 Å². The van der Waals surface area contributed by atoms with Gasteiger partial charge in [-0.3, -0.25) is 9.89 Å². The number of guanidine groups is 1. The minimum atomic E-state index is 0.495. The van der Waals surface area contributed by atoms with Crippen LogP contribution in [-0.4, -0.2) is 66.3 Å². The van der Waals surface area contributed by atoms with Gasteiger partial charge in [0.05, 0.1) is 19.5 Å². The number of aliphatic imine (C=N–C) groups is 1. The highest BCUT2D eigenvalue weighted by atomic mass is 16.5. The first kappa shape index (κ1) is 22.3. The third-order valence-corrected chi connectivity index (χ3v) is 5.44. The zero-order valence-corrected chi connectivity index (χ0v) is 18.6. The number of imidazole rings is 1. The number of benzene rings is 1. The smallest absolute Gasteiger partial charge is 0.191 e. The number of hydrogen-bond acceptors (Lipinski definition) is 4. The van der Waals surface area contributed by atoms with E-state index in [2.05, 4.69) is 68.2 Å². The van der Waals surface area contributed by atoms with Gasteiger partial charge in [0, 0.05) is 58.2 Å². The van der Waals surface area contributed by atoms with Crippen molar-refractivity contribution in [2.45, 2.75) is 39.4 Å². The molecule has 3 rings (SSSR count). The number of nitrogens with one attached hydrogen (secondary N) is 2. The number of nitrogens with zero attached hydrogens (tertiary/aromatic N) is 4. The van der Waals surface area contributed by atoms with Gasteiger partial charge in [-0.2, -0.15) is 0 Å². The lowest BCUT2D eigenvalue weighted by atomic mass is 10.0. The van der Waals surface area contributed by atoms with Crippen LogP contribution in [0.1, 0.15) is 31.4 Å². The van der Waals surface area contributed by atoms with Crippen molar-refractivity contribution >= 4 is 5.96 Å². The Bertz CT molecular complexity index is 751. The Morgan fingerprint density at radius 2 is 1.87 bits per heavy atom. The molecule has 7 nitrogen and oxygen atoms in total. The van der Waals surface area contributed by atoms with E-state index in [1.54, 1.807) is 0 Å². The number of hydrogen-bond donors (Lipinski definition) is 2. The molecule has 2 aromatic rings. The van der Waals surface area contributed by atoms with E-state index in [0.29, 0.717) is 12.0 Å². The average Bonchev–Trinajstić information content (AvgIpc) is 3.27. The zero-order chi connectivity index (χ0) is 21.2. The third-order valence-electron chi connectivity index (χ3n) is 5.44. The average molecular weight is 413 g/mol. The van der Waals surface area contributed by atoms with Crippen molar-refractivity contribution in [1.29, 1.82) is 0 Å². The van der Waals surface area contributed by atoms with Gasteiger partial charge < -0.3 is 19.9 Å². The van der Waals surface area contributed by atoms with E-state index >= 15 is 0 Å². The van der Waals surface area contributed by atoms with Gasteiger partial charge in [0.15, 0.2) is 5.96 Å². The van der Waals surface area contributed by atoms with Gasteiger partial charge in [-0.05, 0) is 23.5 Å². The number of rotatable bonds is 9. The third kappa shape index (κ3) is 7.15. The van der Waals surface area contributed by atoms with Crippen LogP contribution in [0.2, 0.25) is 0 Å². The number of aromatic nitrogens is 2. The normalized spacial score (nSPS) is 16.6. The summed E-state index contributed by atoms with van der Waals surface area (Å²) in [7, 11) is 1.83. The molecule has 30 heavy (non-hydrogen) atoms. The van der Waals surface area contributed by atoms with E-state index in [4.69, 9.17) is 4.74 Å². The minimum absolute atomic E-state index is 0.495. The lowest BCUT2D eigenvalue weighted by Crippen LogP contribution is -2.50. The maximum absolute atomic E-state index is 5.52. The predicted molar refractivity (Wildman–Crippen MR) is 122 cm³/mol. The molecule has 0 radical (unpaired) electrons. The summed E-state index contributed by atoms with van der Waals surface area (Å²) in [5, 5.41) is 6.97. The Labute approximate surface area is 180 Å². The molecule has 1 aliphatic heterocycles. The van der Waals surface area contributed by atoms with Crippen LogP contribution < -0.4 is 10.6 Å². The van der Waals surface area contributed by atoms with Crippen molar-refractivity contribution in [1.82, 2.24) is 25.1 Å². The topological polar surface area (TPSA) is 66.7 Å². The highest BCUT2D eigenvalue weighted by Gasteiger charge is 2.22. The molecule has 0 aliphatic carbocycles. The first-order valence-electron chi connectivity index (χ1n) is 10.9. The number of morpholine rings is 1. The minimum Gasteiger partial charge on any atom is -0.379 e. The summed E-state index contributed by atoms with van der Waals surface area (Å²) in [6.07, 6.45) is 6.80. The molecule has 1 aliphatic rings. The van der Waals surface area contributed by atoms with Crippen LogP contribution in [0.5, 0.6) is 0 Å². The van der Waals surface area contributed by atoms with E-state index in [-0.39, 0.29) is 0 Å². The van der Waals surface area contributed by atoms with Crippen LogP contribution in [0, 0.1) is 5.92 Å². The molecule has 7 heteroatoms. The van der Waals surface area contributed by atoms with Gasteiger partial charge in [0.1, 0.15) is 0 Å². The van der Waals surface area contributed by atoms with Gasteiger partial charge in [-0.25, -0.2) is 4.98 Å². The molecule has 1 atom stereocenters. The van der Waals surface area contributed by atoms with Crippen molar-refractivity contribution in [3.63, 3.8) is 0 Å². The van der Waals surface area contributed by atoms with Crippen molar-refractivity contribution in [2.75, 3.05) is 39.9 Å². The van der Waals surface area contributed by atoms with E-state index in [1.807, 2.05) is 25.8 Å². The lowest BCUT2D eigenvalue weighted by molar-refractivity contribution is 0.0132. The summed E-state index contributed by atoms with van der Waals surface area (Å²) in [6, 6.07) is 9.17. The van der Waals surface area contributed by atoms with Gasteiger partial charge in [-0.15, -0.1) is 0 Å². The molecule has 0 saturated carbocycles. The second-order valence-corrected chi connectivity index (χ2v) is 8.29. The van der Waals surface area contributed by atoms with Gasteiger partial charge >= 0.3 is 0 Å². The van der Waals surface area contributed by atoms with Gasteiger partial charge in [0.2, 0.25) is 0 Å². The van der Waals surface area contributed by atoms with Crippen LogP contribution in [0.15, 0.2) is 48.0 Å². The molecule has 2 N–H and O–H groups in total. The highest BCUT2D eigenvalue weighted by molar-refractivity contribution is 5.79. The molecule has 1 aromatic carbocycles. The summed E-state index contributed by atoms with van der Waals surface area (Å²) < 4.78 is 7.59. The Hall–Kier alpha value is -2.38.